The summed E-state index contributed by atoms with van der Waals surface area (Å²) in [5.74, 6) is 0. The molecule has 2 atom stereocenters. The van der Waals surface area contributed by atoms with Crippen LogP contribution in [-0.4, -0.2) is 36.6 Å². The van der Waals surface area contributed by atoms with Gasteiger partial charge in [-0.3, -0.25) is 4.90 Å². The van der Waals surface area contributed by atoms with Gasteiger partial charge in [-0.15, -0.1) is 0 Å². The molecule has 0 spiro atoms. The highest BCUT2D eigenvalue weighted by molar-refractivity contribution is 4.76. The predicted octanol–water partition coefficient (Wildman–Crippen LogP) is 2.49. The second-order valence-corrected chi connectivity index (χ2v) is 4.07. The van der Waals surface area contributed by atoms with Crippen LogP contribution in [0.25, 0.3) is 0 Å². The maximum absolute atomic E-state index is 3.49. The van der Waals surface area contributed by atoms with Gasteiger partial charge in [0.25, 0.3) is 0 Å². The van der Waals surface area contributed by atoms with Gasteiger partial charge in [0, 0.05) is 12.1 Å². The van der Waals surface area contributed by atoms with Gasteiger partial charge < -0.3 is 5.32 Å². The van der Waals surface area contributed by atoms with Gasteiger partial charge in [-0.25, -0.2) is 0 Å². The third kappa shape index (κ3) is 4.97. The molecular weight excluding hydrogens is 172 g/mol. The van der Waals surface area contributed by atoms with Crippen LogP contribution in [-0.2, 0) is 0 Å². The second-order valence-electron chi connectivity index (χ2n) is 4.07. The van der Waals surface area contributed by atoms with Crippen molar-refractivity contribution in [2.45, 2.75) is 59.5 Å². The summed E-state index contributed by atoms with van der Waals surface area (Å²) >= 11 is 0. The topological polar surface area (TPSA) is 15.3 Å². The Balaban J connectivity index is 3.94. The lowest BCUT2D eigenvalue weighted by Crippen LogP contribution is -2.47. The van der Waals surface area contributed by atoms with Crippen molar-refractivity contribution in [2.24, 2.45) is 0 Å². The quantitative estimate of drug-likeness (QED) is 0.647. The first-order valence-electron chi connectivity index (χ1n) is 6.14. The molecule has 2 unspecified atom stereocenters. The van der Waals surface area contributed by atoms with Gasteiger partial charge in [-0.2, -0.15) is 0 Å². The monoisotopic (exact) mass is 200 g/mol. The Morgan fingerprint density at radius 3 is 2.21 bits per heavy atom. The second kappa shape index (κ2) is 8.25. The summed E-state index contributed by atoms with van der Waals surface area (Å²) < 4.78 is 0. The smallest absolute Gasteiger partial charge is 0.0218 e. The minimum Gasteiger partial charge on any atom is -0.313 e. The van der Waals surface area contributed by atoms with Crippen molar-refractivity contribution in [2.75, 3.05) is 19.6 Å². The molecule has 0 fully saturated rings. The first-order valence-corrected chi connectivity index (χ1v) is 6.14. The van der Waals surface area contributed by atoms with Gasteiger partial charge >= 0.3 is 0 Å². The summed E-state index contributed by atoms with van der Waals surface area (Å²) in [6, 6.07) is 1.24. The summed E-state index contributed by atoms with van der Waals surface area (Å²) in [6.07, 6.45) is 2.61. The molecule has 0 aromatic carbocycles. The fourth-order valence-corrected chi connectivity index (χ4v) is 1.82. The number of unbranched alkanes of at least 4 members (excludes halogenated alkanes) is 1. The van der Waals surface area contributed by atoms with Gasteiger partial charge in [-0.05, 0) is 39.9 Å². The Bertz CT molecular complexity index is 125. The van der Waals surface area contributed by atoms with Gasteiger partial charge in [0.2, 0.25) is 0 Å². The lowest BCUT2D eigenvalue weighted by molar-refractivity contribution is 0.181. The van der Waals surface area contributed by atoms with E-state index in [2.05, 4.69) is 44.8 Å². The number of hydrogen-bond donors (Lipinski definition) is 1. The van der Waals surface area contributed by atoms with Gasteiger partial charge in [0.05, 0.1) is 0 Å². The Labute approximate surface area is 90.1 Å². The van der Waals surface area contributed by atoms with E-state index in [1.54, 1.807) is 0 Å². The van der Waals surface area contributed by atoms with E-state index < -0.39 is 0 Å². The lowest BCUT2D eigenvalue weighted by Gasteiger charge is -2.32. The van der Waals surface area contributed by atoms with Crippen molar-refractivity contribution < 1.29 is 0 Å². The summed E-state index contributed by atoms with van der Waals surface area (Å²) in [5, 5.41) is 3.49. The van der Waals surface area contributed by atoms with Crippen LogP contribution in [0.1, 0.15) is 47.5 Å². The van der Waals surface area contributed by atoms with Crippen molar-refractivity contribution in [1.29, 1.82) is 0 Å². The minimum absolute atomic E-state index is 0.594. The van der Waals surface area contributed by atoms with E-state index in [0.717, 1.165) is 13.1 Å². The van der Waals surface area contributed by atoms with E-state index in [1.807, 2.05) is 0 Å². The third-order valence-corrected chi connectivity index (χ3v) is 3.03. The molecule has 1 N–H and O–H groups in total. The van der Waals surface area contributed by atoms with E-state index in [-0.39, 0.29) is 0 Å². The maximum atomic E-state index is 3.49. The summed E-state index contributed by atoms with van der Waals surface area (Å²) in [6.45, 7) is 14.8. The fourth-order valence-electron chi connectivity index (χ4n) is 1.82. The molecule has 0 amide bonds. The van der Waals surface area contributed by atoms with Crippen LogP contribution in [0.2, 0.25) is 0 Å². The first kappa shape index (κ1) is 13.9. The van der Waals surface area contributed by atoms with Crippen LogP contribution >= 0.6 is 0 Å². The SMILES string of the molecule is CCCCN(CC)C(C)C(C)NCC. The standard InChI is InChI=1S/C12H28N2/c1-6-9-10-14(8-3)12(5)11(4)13-7-2/h11-13H,6-10H2,1-5H3. The molecule has 0 saturated carbocycles. The average molecular weight is 200 g/mol. The molecule has 0 rings (SSSR count). The average Bonchev–Trinajstić information content (AvgIpc) is 2.19. The summed E-state index contributed by atoms with van der Waals surface area (Å²) in [4.78, 5) is 2.57. The molecule has 14 heavy (non-hydrogen) atoms. The Morgan fingerprint density at radius 2 is 1.79 bits per heavy atom. The molecule has 0 saturated heterocycles. The van der Waals surface area contributed by atoms with Crippen LogP contribution in [0.3, 0.4) is 0 Å². The van der Waals surface area contributed by atoms with Crippen LogP contribution in [0.15, 0.2) is 0 Å². The first-order chi connectivity index (χ1) is 6.67. The largest absolute Gasteiger partial charge is 0.313 e. The Morgan fingerprint density at radius 1 is 1.14 bits per heavy atom. The van der Waals surface area contributed by atoms with Gasteiger partial charge in [0.15, 0.2) is 0 Å². The van der Waals surface area contributed by atoms with Crippen molar-refractivity contribution >= 4 is 0 Å². The molecule has 0 aromatic heterocycles. The highest BCUT2D eigenvalue weighted by atomic mass is 15.2. The highest BCUT2D eigenvalue weighted by Gasteiger charge is 2.16. The fraction of sp³-hybridized carbons (Fsp3) is 1.00. The van der Waals surface area contributed by atoms with Crippen LogP contribution in [0, 0.1) is 0 Å². The van der Waals surface area contributed by atoms with Crippen molar-refractivity contribution in [1.82, 2.24) is 10.2 Å². The molecule has 0 aromatic rings. The summed E-state index contributed by atoms with van der Waals surface area (Å²) in [5.41, 5.74) is 0. The van der Waals surface area contributed by atoms with E-state index in [0.29, 0.717) is 12.1 Å². The molecule has 0 radical (unpaired) electrons. The molecule has 0 aliphatic carbocycles. The van der Waals surface area contributed by atoms with E-state index in [1.165, 1.54) is 19.4 Å². The summed E-state index contributed by atoms with van der Waals surface area (Å²) in [7, 11) is 0. The number of nitrogens with zero attached hydrogens (tertiary/aromatic N) is 1. The predicted molar refractivity (Wildman–Crippen MR) is 64.8 cm³/mol. The number of likely N-dealkylation sites (N-methyl/N-ethyl adjacent to an activating group) is 2. The normalized spacial score (nSPS) is 15.9. The van der Waals surface area contributed by atoms with Crippen LogP contribution < -0.4 is 5.32 Å². The molecule has 0 aliphatic heterocycles. The molecular formula is C12H28N2. The molecule has 86 valence electrons. The maximum Gasteiger partial charge on any atom is 0.0218 e. The molecule has 0 bridgehead atoms. The number of nitrogens with one attached hydrogen (secondary N) is 1. The van der Waals surface area contributed by atoms with E-state index in [9.17, 15) is 0 Å². The molecule has 2 heteroatoms. The zero-order valence-corrected chi connectivity index (χ0v) is 10.6. The Hall–Kier alpha value is -0.0800. The van der Waals surface area contributed by atoms with Crippen LogP contribution in [0.5, 0.6) is 0 Å². The third-order valence-electron chi connectivity index (χ3n) is 3.03. The number of hydrogen-bond acceptors (Lipinski definition) is 2. The van der Waals surface area contributed by atoms with E-state index >= 15 is 0 Å². The van der Waals surface area contributed by atoms with Crippen LogP contribution in [0.4, 0.5) is 0 Å². The molecule has 0 aliphatic rings. The Kier molecular flexibility index (Phi) is 8.20. The minimum atomic E-state index is 0.594. The van der Waals surface area contributed by atoms with Crippen molar-refractivity contribution in [3.05, 3.63) is 0 Å². The molecule has 2 nitrogen and oxygen atoms in total. The zero-order chi connectivity index (χ0) is 11.0. The zero-order valence-electron chi connectivity index (χ0n) is 10.6. The van der Waals surface area contributed by atoms with Gasteiger partial charge in [0.1, 0.15) is 0 Å². The number of rotatable bonds is 8. The van der Waals surface area contributed by atoms with Crippen molar-refractivity contribution in [3.63, 3.8) is 0 Å². The van der Waals surface area contributed by atoms with E-state index in [4.69, 9.17) is 0 Å². The lowest BCUT2D eigenvalue weighted by atomic mass is 10.1. The van der Waals surface area contributed by atoms with Crippen molar-refractivity contribution in [3.8, 4) is 0 Å². The highest BCUT2D eigenvalue weighted by Crippen LogP contribution is 2.05. The van der Waals surface area contributed by atoms with Gasteiger partial charge in [-0.1, -0.05) is 27.2 Å². The molecule has 0 heterocycles.